The van der Waals surface area contributed by atoms with Crippen molar-refractivity contribution in [3.8, 4) is 0 Å². The molecule has 1 aromatic rings. The lowest BCUT2D eigenvalue weighted by atomic mass is 10.0. The van der Waals surface area contributed by atoms with Crippen molar-refractivity contribution >= 4 is 39.5 Å². The maximum absolute atomic E-state index is 3.76. The highest BCUT2D eigenvalue weighted by Gasteiger charge is 2.24. The molecule has 0 aliphatic carbocycles. The van der Waals surface area contributed by atoms with Crippen molar-refractivity contribution in [1.82, 2.24) is 5.32 Å². The second-order valence-corrected chi connectivity index (χ2v) is 8.19. The first kappa shape index (κ1) is 15.7. The van der Waals surface area contributed by atoms with Gasteiger partial charge in [0.2, 0.25) is 0 Å². The average Bonchev–Trinajstić information content (AvgIpc) is 2.46. The van der Waals surface area contributed by atoms with Gasteiger partial charge in [-0.25, -0.2) is 0 Å². The molecule has 2 atom stereocenters. The van der Waals surface area contributed by atoms with E-state index in [1.54, 1.807) is 0 Å². The van der Waals surface area contributed by atoms with Crippen molar-refractivity contribution in [2.24, 2.45) is 0 Å². The van der Waals surface area contributed by atoms with E-state index in [2.05, 4.69) is 76.0 Å². The Balaban J connectivity index is 2.02. The van der Waals surface area contributed by atoms with Gasteiger partial charge in [0.1, 0.15) is 0 Å². The van der Waals surface area contributed by atoms with Gasteiger partial charge in [0.25, 0.3) is 0 Å². The molecule has 2 rings (SSSR count). The lowest BCUT2D eigenvalue weighted by Crippen LogP contribution is -2.43. The topological polar surface area (TPSA) is 12.0 Å². The van der Waals surface area contributed by atoms with Crippen LogP contribution in [-0.4, -0.2) is 35.1 Å². The molecule has 0 radical (unpaired) electrons. The van der Waals surface area contributed by atoms with Crippen LogP contribution >= 0.6 is 39.5 Å². The number of benzene rings is 1. The zero-order valence-electron chi connectivity index (χ0n) is 11.4. The Morgan fingerprint density at radius 1 is 1.37 bits per heavy atom. The maximum atomic E-state index is 3.76. The Morgan fingerprint density at radius 3 is 2.89 bits per heavy atom. The first-order chi connectivity index (χ1) is 9.31. The van der Waals surface area contributed by atoms with Crippen molar-refractivity contribution in [3.63, 3.8) is 0 Å². The first-order valence-corrected chi connectivity index (χ1v) is 9.97. The van der Waals surface area contributed by atoms with Gasteiger partial charge in [0.15, 0.2) is 0 Å². The Labute approximate surface area is 133 Å². The summed E-state index contributed by atoms with van der Waals surface area (Å²) in [5.74, 6) is 3.91. The number of halogens is 1. The van der Waals surface area contributed by atoms with Gasteiger partial charge in [-0.2, -0.15) is 23.5 Å². The summed E-state index contributed by atoms with van der Waals surface area (Å²) in [4.78, 5) is 0. The Kier molecular flexibility index (Phi) is 7.13. The van der Waals surface area contributed by atoms with Crippen molar-refractivity contribution < 1.29 is 0 Å². The lowest BCUT2D eigenvalue weighted by molar-refractivity contribution is 0.505. The fraction of sp³-hybridized carbons (Fsp3) is 0.600. The van der Waals surface area contributed by atoms with E-state index in [9.17, 15) is 0 Å². The fourth-order valence-corrected chi connectivity index (χ4v) is 5.64. The number of hydrogen-bond acceptors (Lipinski definition) is 3. The highest BCUT2D eigenvalue weighted by Crippen LogP contribution is 2.29. The maximum Gasteiger partial charge on any atom is 0.0295 e. The van der Waals surface area contributed by atoms with Crippen LogP contribution in [0.3, 0.4) is 0 Å². The molecule has 1 aliphatic heterocycles. The average molecular weight is 360 g/mol. The van der Waals surface area contributed by atoms with E-state index in [0.29, 0.717) is 6.04 Å². The van der Waals surface area contributed by atoms with Crippen LogP contribution in [0.4, 0.5) is 0 Å². The minimum atomic E-state index is 0.594. The van der Waals surface area contributed by atoms with Crippen molar-refractivity contribution in [2.45, 2.75) is 31.1 Å². The number of nitrogens with one attached hydrogen (secondary N) is 1. The summed E-state index contributed by atoms with van der Waals surface area (Å²) in [5, 5.41) is 4.51. The molecule has 2 unspecified atom stereocenters. The van der Waals surface area contributed by atoms with Gasteiger partial charge < -0.3 is 5.32 Å². The molecular formula is C15H22BrNS2. The third kappa shape index (κ3) is 5.00. The summed E-state index contributed by atoms with van der Waals surface area (Å²) in [7, 11) is 0. The molecule has 4 heteroatoms. The molecular weight excluding hydrogens is 338 g/mol. The molecule has 0 saturated carbocycles. The van der Waals surface area contributed by atoms with Crippen molar-refractivity contribution in [2.75, 3.05) is 23.8 Å². The lowest BCUT2D eigenvalue weighted by Gasteiger charge is -2.30. The highest BCUT2D eigenvalue weighted by atomic mass is 79.9. The fourth-order valence-electron chi connectivity index (χ4n) is 2.30. The SMILES string of the molecule is CCCNC(Cc1ccccc1Br)C1CSCCS1. The molecule has 1 saturated heterocycles. The van der Waals surface area contributed by atoms with Gasteiger partial charge >= 0.3 is 0 Å². The van der Waals surface area contributed by atoms with E-state index >= 15 is 0 Å². The molecule has 0 aromatic heterocycles. The highest BCUT2D eigenvalue weighted by molar-refractivity contribution is 9.10. The van der Waals surface area contributed by atoms with Gasteiger partial charge in [-0.05, 0) is 31.0 Å². The summed E-state index contributed by atoms with van der Waals surface area (Å²) in [6.45, 7) is 3.36. The van der Waals surface area contributed by atoms with Crippen molar-refractivity contribution in [1.29, 1.82) is 0 Å². The van der Waals surface area contributed by atoms with E-state index in [0.717, 1.165) is 18.2 Å². The Bertz CT molecular complexity index is 380. The van der Waals surface area contributed by atoms with Crippen LogP contribution in [0.1, 0.15) is 18.9 Å². The summed E-state index contributed by atoms with van der Waals surface area (Å²) in [5.41, 5.74) is 1.42. The summed E-state index contributed by atoms with van der Waals surface area (Å²) >= 11 is 7.93. The van der Waals surface area contributed by atoms with E-state index in [4.69, 9.17) is 0 Å². The molecule has 0 bridgehead atoms. The first-order valence-electron chi connectivity index (χ1n) is 6.97. The molecule has 1 nitrogen and oxygen atoms in total. The van der Waals surface area contributed by atoms with E-state index in [1.807, 2.05) is 0 Å². The zero-order chi connectivity index (χ0) is 13.5. The molecule has 0 amide bonds. The summed E-state index contributed by atoms with van der Waals surface area (Å²) in [6.07, 6.45) is 2.33. The van der Waals surface area contributed by atoms with Gasteiger partial charge in [-0.3, -0.25) is 0 Å². The smallest absolute Gasteiger partial charge is 0.0295 e. The minimum absolute atomic E-state index is 0.594. The molecule has 1 heterocycles. The summed E-state index contributed by atoms with van der Waals surface area (Å²) in [6, 6.07) is 9.21. The molecule has 1 fully saturated rings. The molecule has 0 spiro atoms. The number of hydrogen-bond donors (Lipinski definition) is 1. The van der Waals surface area contributed by atoms with Crippen LogP contribution in [0.15, 0.2) is 28.7 Å². The number of rotatable bonds is 6. The third-order valence-corrected chi connectivity index (χ3v) is 7.04. The van der Waals surface area contributed by atoms with Gasteiger partial charge in [0, 0.05) is 33.0 Å². The van der Waals surface area contributed by atoms with Gasteiger partial charge in [0.05, 0.1) is 0 Å². The van der Waals surface area contributed by atoms with Gasteiger partial charge in [-0.15, -0.1) is 0 Å². The summed E-state index contributed by atoms with van der Waals surface area (Å²) < 4.78 is 1.24. The molecule has 1 aromatic carbocycles. The predicted octanol–water partition coefficient (Wildman–Crippen LogP) is 4.21. The van der Waals surface area contributed by atoms with Gasteiger partial charge in [-0.1, -0.05) is 41.1 Å². The van der Waals surface area contributed by atoms with Crippen LogP contribution in [0, 0.1) is 0 Å². The molecule has 19 heavy (non-hydrogen) atoms. The second kappa shape index (κ2) is 8.60. The predicted molar refractivity (Wildman–Crippen MR) is 93.5 cm³/mol. The quantitative estimate of drug-likeness (QED) is 0.816. The largest absolute Gasteiger partial charge is 0.313 e. The second-order valence-electron chi connectivity index (χ2n) is 4.84. The third-order valence-electron chi connectivity index (χ3n) is 3.34. The standard InChI is InChI=1S/C15H22BrNS2/c1-2-7-17-14(15-11-18-8-9-19-15)10-12-5-3-4-6-13(12)16/h3-6,14-15,17H,2,7-11H2,1H3. The van der Waals surface area contributed by atoms with Crippen LogP contribution < -0.4 is 5.32 Å². The molecule has 1 N–H and O–H groups in total. The zero-order valence-corrected chi connectivity index (χ0v) is 14.6. The monoisotopic (exact) mass is 359 g/mol. The van der Waals surface area contributed by atoms with Crippen LogP contribution in [-0.2, 0) is 6.42 Å². The Hall–Kier alpha value is 0.360. The normalized spacial score (nSPS) is 21.3. The van der Waals surface area contributed by atoms with E-state index in [-0.39, 0.29) is 0 Å². The Morgan fingerprint density at radius 2 is 2.21 bits per heavy atom. The van der Waals surface area contributed by atoms with Crippen LogP contribution in [0.5, 0.6) is 0 Å². The molecule has 1 aliphatic rings. The van der Waals surface area contributed by atoms with E-state index in [1.165, 1.54) is 33.7 Å². The minimum Gasteiger partial charge on any atom is -0.313 e. The van der Waals surface area contributed by atoms with Crippen molar-refractivity contribution in [3.05, 3.63) is 34.3 Å². The van der Waals surface area contributed by atoms with Crippen LogP contribution in [0.2, 0.25) is 0 Å². The molecule has 106 valence electrons. The number of thioether (sulfide) groups is 2. The van der Waals surface area contributed by atoms with E-state index < -0.39 is 0 Å². The van der Waals surface area contributed by atoms with Crippen LogP contribution in [0.25, 0.3) is 0 Å².